The van der Waals surface area contributed by atoms with Gasteiger partial charge in [0, 0.05) is 11.7 Å². The number of methoxy groups -OCH3 is 1. The van der Waals surface area contributed by atoms with Crippen LogP contribution < -0.4 is 0 Å². The van der Waals surface area contributed by atoms with Gasteiger partial charge in [-0.25, -0.2) is 9.97 Å². The zero-order chi connectivity index (χ0) is 15.6. The van der Waals surface area contributed by atoms with Gasteiger partial charge in [-0.3, -0.25) is 9.69 Å². The predicted octanol–water partition coefficient (Wildman–Crippen LogP) is 2.04. The smallest absolute Gasteiger partial charge is 0.319 e. The Morgan fingerprint density at radius 1 is 1.43 bits per heavy atom. The Bertz CT molecular complexity index is 643. The highest BCUT2D eigenvalue weighted by Gasteiger charge is 2.25. The first-order valence-electron chi connectivity index (χ1n) is 6.93. The Morgan fingerprint density at radius 3 is 2.71 bits per heavy atom. The number of ether oxygens (including phenoxy) is 1. The van der Waals surface area contributed by atoms with Gasteiger partial charge in [-0.05, 0) is 39.3 Å². The predicted molar refractivity (Wildman–Crippen MR) is 80.8 cm³/mol. The molecule has 21 heavy (non-hydrogen) atoms. The van der Waals surface area contributed by atoms with E-state index >= 15 is 0 Å². The molecule has 0 fully saturated rings. The lowest BCUT2D eigenvalue weighted by Gasteiger charge is -2.33. The fraction of sp³-hybridized carbons (Fsp3) is 0.533. The van der Waals surface area contributed by atoms with Crippen molar-refractivity contribution in [3.63, 3.8) is 0 Å². The number of hydrogen-bond acceptors (Lipinski definition) is 5. The second-order valence-electron chi connectivity index (χ2n) is 6.11. The summed E-state index contributed by atoms with van der Waals surface area (Å²) in [6.07, 6.45) is 1.75. The molecule has 0 aliphatic rings. The third-order valence-corrected chi connectivity index (χ3v) is 3.49. The molecule has 2 aromatic heterocycles. The van der Waals surface area contributed by atoms with Gasteiger partial charge < -0.3 is 9.72 Å². The molecule has 0 saturated heterocycles. The summed E-state index contributed by atoms with van der Waals surface area (Å²) < 4.78 is 4.77. The third-order valence-electron chi connectivity index (χ3n) is 3.49. The molecule has 0 unspecified atom stereocenters. The van der Waals surface area contributed by atoms with Crippen molar-refractivity contribution in [2.75, 3.05) is 13.7 Å². The maximum atomic E-state index is 11.6. The Kier molecular flexibility index (Phi) is 4.27. The molecule has 6 nitrogen and oxygen atoms in total. The minimum absolute atomic E-state index is 0.171. The molecule has 0 spiro atoms. The van der Waals surface area contributed by atoms with Crippen LogP contribution in [0.3, 0.4) is 0 Å². The average molecular weight is 290 g/mol. The van der Waals surface area contributed by atoms with Crippen molar-refractivity contribution in [3.05, 3.63) is 23.7 Å². The highest BCUT2D eigenvalue weighted by molar-refractivity contribution is 5.74. The van der Waals surface area contributed by atoms with Gasteiger partial charge in [0.2, 0.25) is 0 Å². The summed E-state index contributed by atoms with van der Waals surface area (Å²) in [5, 5.41) is 0. The second kappa shape index (κ2) is 5.81. The molecular weight excluding hydrogens is 268 g/mol. The van der Waals surface area contributed by atoms with Gasteiger partial charge in [0.1, 0.15) is 5.82 Å². The minimum Gasteiger partial charge on any atom is -0.468 e. The summed E-state index contributed by atoms with van der Waals surface area (Å²) in [6.45, 7) is 8.95. The first kappa shape index (κ1) is 15.4. The lowest BCUT2D eigenvalue weighted by Crippen LogP contribution is -2.44. The van der Waals surface area contributed by atoms with Crippen LogP contribution in [0.4, 0.5) is 0 Å². The number of nitrogens with one attached hydrogen (secondary N) is 1. The molecule has 0 aliphatic heterocycles. The van der Waals surface area contributed by atoms with Crippen molar-refractivity contribution in [1.82, 2.24) is 19.9 Å². The van der Waals surface area contributed by atoms with Crippen molar-refractivity contribution in [3.8, 4) is 0 Å². The molecule has 0 bridgehead atoms. The van der Waals surface area contributed by atoms with Crippen LogP contribution in [-0.2, 0) is 16.1 Å². The maximum absolute atomic E-state index is 11.6. The molecule has 0 atom stereocenters. The Morgan fingerprint density at radius 2 is 2.14 bits per heavy atom. The van der Waals surface area contributed by atoms with Crippen LogP contribution >= 0.6 is 0 Å². The first-order chi connectivity index (χ1) is 9.81. The number of aromatic nitrogens is 3. The molecule has 0 saturated carbocycles. The van der Waals surface area contributed by atoms with Crippen molar-refractivity contribution in [2.24, 2.45) is 0 Å². The van der Waals surface area contributed by atoms with Crippen LogP contribution in [0.25, 0.3) is 11.2 Å². The van der Waals surface area contributed by atoms with Crippen LogP contribution in [0.2, 0.25) is 0 Å². The van der Waals surface area contributed by atoms with E-state index in [1.54, 1.807) is 6.20 Å². The normalized spacial score (nSPS) is 12.1. The topological polar surface area (TPSA) is 71.1 Å². The first-order valence-corrected chi connectivity index (χ1v) is 6.93. The largest absolute Gasteiger partial charge is 0.468 e. The molecule has 1 N–H and O–H groups in total. The van der Waals surface area contributed by atoms with Gasteiger partial charge >= 0.3 is 5.97 Å². The van der Waals surface area contributed by atoms with Crippen molar-refractivity contribution in [1.29, 1.82) is 0 Å². The van der Waals surface area contributed by atoms with E-state index in [1.165, 1.54) is 7.11 Å². The van der Waals surface area contributed by atoms with Gasteiger partial charge in [0.25, 0.3) is 0 Å². The van der Waals surface area contributed by atoms with E-state index in [-0.39, 0.29) is 18.1 Å². The number of carbonyl (C=O) groups is 1. The summed E-state index contributed by atoms with van der Waals surface area (Å²) in [4.78, 5) is 25.6. The number of nitrogens with zero attached hydrogens (tertiary/aromatic N) is 3. The quantitative estimate of drug-likeness (QED) is 0.872. The minimum atomic E-state index is -0.254. The Balaban J connectivity index is 2.26. The van der Waals surface area contributed by atoms with E-state index in [4.69, 9.17) is 4.74 Å². The highest BCUT2D eigenvalue weighted by Crippen LogP contribution is 2.18. The molecule has 114 valence electrons. The van der Waals surface area contributed by atoms with Crippen LogP contribution in [0, 0.1) is 6.92 Å². The SMILES string of the molecule is COC(=O)CN(Cc1nc2nccc(C)c2[nH]1)C(C)(C)C. The number of pyridine rings is 1. The standard InChI is InChI=1S/C15H22N4O2/c1-10-6-7-16-14-13(10)17-11(18-14)8-19(15(2,3)4)9-12(20)21-5/h6-7H,8-9H2,1-5H3,(H,16,17,18). The molecule has 2 aromatic rings. The van der Waals surface area contributed by atoms with Crippen molar-refractivity contribution in [2.45, 2.75) is 39.8 Å². The van der Waals surface area contributed by atoms with E-state index in [2.05, 4.69) is 35.7 Å². The van der Waals surface area contributed by atoms with Gasteiger partial charge in [-0.1, -0.05) is 0 Å². The number of fused-ring (bicyclic) bond motifs is 1. The third kappa shape index (κ3) is 3.58. The summed E-state index contributed by atoms with van der Waals surface area (Å²) in [5.41, 5.74) is 2.58. The molecule has 0 radical (unpaired) electrons. The van der Waals surface area contributed by atoms with Gasteiger partial charge in [-0.15, -0.1) is 0 Å². The van der Waals surface area contributed by atoms with E-state index < -0.39 is 0 Å². The number of aryl methyl sites for hydroxylation is 1. The zero-order valence-electron chi connectivity index (χ0n) is 13.2. The van der Waals surface area contributed by atoms with Gasteiger partial charge in [0.15, 0.2) is 5.65 Å². The fourth-order valence-corrected chi connectivity index (χ4v) is 2.09. The summed E-state index contributed by atoms with van der Waals surface area (Å²) in [5.74, 6) is 0.543. The molecule has 0 aliphatic carbocycles. The van der Waals surface area contributed by atoms with Gasteiger partial charge in [0.05, 0.1) is 25.7 Å². The number of H-pyrrole nitrogens is 1. The summed E-state index contributed by atoms with van der Waals surface area (Å²) in [6, 6.07) is 1.94. The average Bonchev–Trinajstić information content (AvgIpc) is 2.81. The molecule has 2 rings (SSSR count). The monoisotopic (exact) mass is 290 g/mol. The Hall–Kier alpha value is -1.95. The number of rotatable bonds is 4. The number of hydrogen-bond donors (Lipinski definition) is 1. The second-order valence-corrected chi connectivity index (χ2v) is 6.11. The number of aromatic amines is 1. The highest BCUT2D eigenvalue weighted by atomic mass is 16.5. The maximum Gasteiger partial charge on any atom is 0.319 e. The van der Waals surface area contributed by atoms with E-state index in [1.807, 2.05) is 17.9 Å². The summed E-state index contributed by atoms with van der Waals surface area (Å²) >= 11 is 0. The molecular formula is C15H22N4O2. The lowest BCUT2D eigenvalue weighted by atomic mass is 10.1. The molecule has 0 aromatic carbocycles. The van der Waals surface area contributed by atoms with E-state index in [9.17, 15) is 4.79 Å². The van der Waals surface area contributed by atoms with Crippen molar-refractivity contribution >= 4 is 17.1 Å². The molecule has 2 heterocycles. The summed E-state index contributed by atoms with van der Waals surface area (Å²) in [7, 11) is 1.40. The van der Waals surface area contributed by atoms with Crippen molar-refractivity contribution < 1.29 is 9.53 Å². The fourth-order valence-electron chi connectivity index (χ4n) is 2.09. The lowest BCUT2D eigenvalue weighted by molar-refractivity contribution is -0.143. The van der Waals surface area contributed by atoms with Gasteiger partial charge in [-0.2, -0.15) is 0 Å². The number of imidazole rings is 1. The van der Waals surface area contributed by atoms with E-state index in [0.717, 1.165) is 16.9 Å². The zero-order valence-corrected chi connectivity index (χ0v) is 13.2. The van der Waals surface area contributed by atoms with Crippen LogP contribution in [-0.4, -0.2) is 45.0 Å². The Labute approximate surface area is 124 Å². The van der Waals surface area contributed by atoms with Crippen LogP contribution in [0.1, 0.15) is 32.2 Å². The number of esters is 1. The molecule has 6 heteroatoms. The van der Waals surface area contributed by atoms with E-state index in [0.29, 0.717) is 12.2 Å². The van der Waals surface area contributed by atoms with Crippen LogP contribution in [0.5, 0.6) is 0 Å². The molecule has 0 amide bonds. The van der Waals surface area contributed by atoms with Crippen LogP contribution in [0.15, 0.2) is 12.3 Å². The number of carbonyl (C=O) groups excluding carboxylic acids is 1.